The number of halogens is 1. The molecule has 0 amide bonds. The number of H-pyrrole nitrogens is 1. The summed E-state index contributed by atoms with van der Waals surface area (Å²) in [6, 6.07) is 7.73. The predicted molar refractivity (Wildman–Crippen MR) is 85.1 cm³/mol. The summed E-state index contributed by atoms with van der Waals surface area (Å²) in [5.41, 5.74) is 3.67. The summed E-state index contributed by atoms with van der Waals surface area (Å²) < 4.78 is 11.5. The number of benzene rings is 1. The molecule has 2 aromatic heterocycles. The molecule has 3 rings (SSSR count). The fourth-order valence-corrected chi connectivity index (χ4v) is 2.54. The molecule has 0 radical (unpaired) electrons. The minimum absolute atomic E-state index is 0.746. The molecule has 0 aliphatic heterocycles. The van der Waals surface area contributed by atoms with Crippen molar-refractivity contribution >= 4 is 33.6 Å². The number of methoxy groups -OCH3 is 2. The van der Waals surface area contributed by atoms with E-state index in [-0.39, 0.29) is 0 Å². The average molecular weight is 381 g/mol. The maximum Gasteiger partial charge on any atom is 0.123 e. The zero-order valence-corrected chi connectivity index (χ0v) is 13.1. The van der Waals surface area contributed by atoms with E-state index in [9.17, 15) is 0 Å². The van der Waals surface area contributed by atoms with Crippen molar-refractivity contribution in [1.82, 2.24) is 15.2 Å². The fourth-order valence-electron chi connectivity index (χ4n) is 2.00. The highest BCUT2D eigenvalue weighted by Gasteiger charge is 2.08. The lowest BCUT2D eigenvalue weighted by Gasteiger charge is -2.08. The number of pyridine rings is 1. The summed E-state index contributed by atoms with van der Waals surface area (Å²) in [4.78, 5) is 4.45. The molecule has 1 N–H and O–H groups in total. The minimum atomic E-state index is 0.746. The van der Waals surface area contributed by atoms with Crippen molar-refractivity contribution < 1.29 is 9.47 Å². The summed E-state index contributed by atoms with van der Waals surface area (Å²) in [5, 5.41) is 7.16. The first-order chi connectivity index (χ1) is 9.71. The zero-order valence-electron chi connectivity index (χ0n) is 11.0. The van der Waals surface area contributed by atoms with Gasteiger partial charge in [-0.2, -0.15) is 5.10 Å². The van der Waals surface area contributed by atoms with Crippen molar-refractivity contribution in [3.8, 4) is 22.6 Å². The Labute approximate surface area is 129 Å². The molecule has 0 bridgehead atoms. The van der Waals surface area contributed by atoms with Crippen LogP contribution < -0.4 is 9.47 Å². The number of aromatic amines is 1. The Hall–Kier alpha value is -1.83. The largest absolute Gasteiger partial charge is 0.497 e. The highest BCUT2D eigenvalue weighted by molar-refractivity contribution is 14.1. The molecule has 2 heterocycles. The van der Waals surface area contributed by atoms with E-state index in [0.717, 1.165) is 37.4 Å². The van der Waals surface area contributed by atoms with E-state index >= 15 is 0 Å². The van der Waals surface area contributed by atoms with Gasteiger partial charge in [-0.05, 0) is 46.4 Å². The minimum Gasteiger partial charge on any atom is -0.497 e. The van der Waals surface area contributed by atoms with Crippen LogP contribution in [-0.4, -0.2) is 29.4 Å². The molecule has 0 atom stereocenters. The Morgan fingerprint density at radius 1 is 1.00 bits per heavy atom. The van der Waals surface area contributed by atoms with E-state index in [2.05, 4.69) is 37.8 Å². The molecule has 0 spiro atoms. The van der Waals surface area contributed by atoms with Crippen molar-refractivity contribution in [2.75, 3.05) is 14.2 Å². The summed E-state index contributed by atoms with van der Waals surface area (Å²) in [5.74, 6) is 1.49. The van der Waals surface area contributed by atoms with E-state index in [0.29, 0.717) is 0 Å². The van der Waals surface area contributed by atoms with E-state index < -0.39 is 0 Å². The molecule has 1 aromatic carbocycles. The molecule has 102 valence electrons. The van der Waals surface area contributed by atoms with Crippen LogP contribution in [0.1, 0.15) is 0 Å². The third kappa shape index (κ3) is 2.31. The first-order valence-corrected chi connectivity index (χ1v) is 7.02. The van der Waals surface area contributed by atoms with E-state index in [1.165, 1.54) is 0 Å². The number of rotatable bonds is 3. The van der Waals surface area contributed by atoms with Crippen LogP contribution in [0.15, 0.2) is 30.5 Å². The number of fused-ring (bicyclic) bond motifs is 1. The SMILES string of the molecule is COc1cc(OC)cc(-c2cnc3c(I)[nH]nc3c2)c1. The Kier molecular flexibility index (Phi) is 3.47. The fraction of sp³-hybridized carbons (Fsp3) is 0.143. The van der Waals surface area contributed by atoms with Gasteiger partial charge in [0.1, 0.15) is 26.2 Å². The first-order valence-electron chi connectivity index (χ1n) is 5.94. The third-order valence-corrected chi connectivity index (χ3v) is 3.79. The lowest BCUT2D eigenvalue weighted by molar-refractivity contribution is 0.394. The second kappa shape index (κ2) is 5.28. The van der Waals surface area contributed by atoms with E-state index in [1.807, 2.05) is 30.5 Å². The molecule has 3 aromatic rings. The Morgan fingerprint density at radius 3 is 2.35 bits per heavy atom. The monoisotopic (exact) mass is 381 g/mol. The molecule has 0 saturated carbocycles. The lowest BCUT2D eigenvalue weighted by atomic mass is 10.1. The summed E-state index contributed by atoms with van der Waals surface area (Å²) >= 11 is 2.18. The molecule has 0 fully saturated rings. The summed E-state index contributed by atoms with van der Waals surface area (Å²) in [6.07, 6.45) is 1.83. The van der Waals surface area contributed by atoms with Crippen LogP contribution in [0, 0.1) is 3.70 Å². The Balaban J connectivity index is 2.14. The van der Waals surface area contributed by atoms with Crippen LogP contribution in [-0.2, 0) is 0 Å². The number of nitrogens with zero attached hydrogens (tertiary/aromatic N) is 2. The van der Waals surface area contributed by atoms with E-state index in [4.69, 9.17) is 9.47 Å². The number of ether oxygens (including phenoxy) is 2. The topological polar surface area (TPSA) is 60.0 Å². The highest BCUT2D eigenvalue weighted by atomic mass is 127. The van der Waals surface area contributed by atoms with E-state index in [1.54, 1.807) is 14.2 Å². The van der Waals surface area contributed by atoms with Crippen molar-refractivity contribution in [1.29, 1.82) is 0 Å². The Bertz CT molecular complexity index is 748. The van der Waals surface area contributed by atoms with Crippen molar-refractivity contribution in [3.05, 3.63) is 34.2 Å². The number of aromatic nitrogens is 3. The van der Waals surface area contributed by atoms with Crippen LogP contribution in [0.3, 0.4) is 0 Å². The molecular weight excluding hydrogens is 369 g/mol. The highest BCUT2D eigenvalue weighted by Crippen LogP contribution is 2.30. The molecule has 0 aliphatic rings. The van der Waals surface area contributed by atoms with Crippen molar-refractivity contribution in [2.24, 2.45) is 0 Å². The number of hydrogen-bond donors (Lipinski definition) is 1. The maximum atomic E-state index is 5.29. The second-order valence-corrected chi connectivity index (χ2v) is 5.31. The van der Waals surface area contributed by atoms with Gasteiger partial charge in [-0.1, -0.05) is 0 Å². The molecule has 5 nitrogen and oxygen atoms in total. The standard InChI is InChI=1S/C14H12IN3O2/c1-19-10-3-8(4-11(6-10)20-2)9-5-12-13(16-7-9)14(15)18-17-12/h3-7H,1-2H3,(H,17,18). The van der Waals surface area contributed by atoms with Gasteiger partial charge in [-0.15, -0.1) is 0 Å². The molecular formula is C14H12IN3O2. The molecule has 0 saturated heterocycles. The van der Waals surface area contributed by atoms with Crippen LogP contribution in [0.4, 0.5) is 0 Å². The molecule has 0 unspecified atom stereocenters. The molecule has 20 heavy (non-hydrogen) atoms. The lowest BCUT2D eigenvalue weighted by Crippen LogP contribution is -1.89. The van der Waals surface area contributed by atoms with Crippen LogP contribution in [0.2, 0.25) is 0 Å². The van der Waals surface area contributed by atoms with Crippen LogP contribution >= 0.6 is 22.6 Å². The smallest absolute Gasteiger partial charge is 0.123 e. The van der Waals surface area contributed by atoms with Gasteiger partial charge in [-0.3, -0.25) is 10.1 Å². The van der Waals surface area contributed by atoms with Gasteiger partial charge < -0.3 is 9.47 Å². The summed E-state index contributed by atoms with van der Waals surface area (Å²) in [7, 11) is 3.27. The summed E-state index contributed by atoms with van der Waals surface area (Å²) in [6.45, 7) is 0. The van der Waals surface area contributed by atoms with Gasteiger partial charge in [0.25, 0.3) is 0 Å². The first kappa shape index (κ1) is 13.2. The number of nitrogens with one attached hydrogen (secondary N) is 1. The zero-order chi connectivity index (χ0) is 14.1. The van der Waals surface area contributed by atoms with Gasteiger partial charge in [0.2, 0.25) is 0 Å². The normalized spacial score (nSPS) is 10.8. The average Bonchev–Trinajstić information content (AvgIpc) is 2.87. The van der Waals surface area contributed by atoms with Crippen LogP contribution in [0.5, 0.6) is 11.5 Å². The van der Waals surface area contributed by atoms with Gasteiger partial charge in [-0.25, -0.2) is 0 Å². The van der Waals surface area contributed by atoms with Gasteiger partial charge >= 0.3 is 0 Å². The Morgan fingerprint density at radius 2 is 1.70 bits per heavy atom. The van der Waals surface area contributed by atoms with Crippen molar-refractivity contribution in [3.63, 3.8) is 0 Å². The second-order valence-electron chi connectivity index (χ2n) is 4.23. The van der Waals surface area contributed by atoms with Crippen molar-refractivity contribution in [2.45, 2.75) is 0 Å². The molecule has 0 aliphatic carbocycles. The maximum absolute atomic E-state index is 5.29. The van der Waals surface area contributed by atoms with Gasteiger partial charge in [0.05, 0.1) is 14.2 Å². The molecule has 6 heteroatoms. The third-order valence-electron chi connectivity index (χ3n) is 3.03. The van der Waals surface area contributed by atoms with Crippen LogP contribution in [0.25, 0.3) is 22.2 Å². The predicted octanol–water partition coefficient (Wildman–Crippen LogP) is 3.25. The van der Waals surface area contributed by atoms with Gasteiger partial charge in [0, 0.05) is 17.8 Å². The number of hydrogen-bond acceptors (Lipinski definition) is 4. The van der Waals surface area contributed by atoms with Gasteiger partial charge in [0.15, 0.2) is 0 Å². The quantitative estimate of drug-likeness (QED) is 0.708.